The van der Waals surface area contributed by atoms with E-state index in [0.29, 0.717) is 70.8 Å². The van der Waals surface area contributed by atoms with Crippen LogP contribution in [-0.2, 0) is 43.0 Å². The van der Waals surface area contributed by atoms with Gasteiger partial charge in [0.1, 0.15) is 48.7 Å². The fourth-order valence-electron chi connectivity index (χ4n) is 9.57. The van der Waals surface area contributed by atoms with E-state index in [1.54, 1.807) is 0 Å². The highest BCUT2D eigenvalue weighted by Gasteiger charge is 2.45. The van der Waals surface area contributed by atoms with Crippen molar-refractivity contribution < 1.29 is 83.9 Å². The fourth-order valence-corrected chi connectivity index (χ4v) is 9.57. The number of ether oxygens (including phenoxy) is 2. The molecule has 2 saturated heterocycles. The minimum absolute atomic E-state index is 0.00702. The summed E-state index contributed by atoms with van der Waals surface area (Å²) in [5, 5.41) is 98.8. The lowest BCUT2D eigenvalue weighted by Crippen LogP contribution is -2.64. The van der Waals surface area contributed by atoms with Crippen molar-refractivity contribution >= 4 is 41.4 Å². The lowest BCUT2D eigenvalue weighted by atomic mass is 9.97. The molecule has 1 aliphatic carbocycles. The predicted octanol–water partition coefficient (Wildman–Crippen LogP) is -3.62. The Kier molecular flexibility index (Phi) is 33.7. The summed E-state index contributed by atoms with van der Waals surface area (Å²) in [4.78, 5) is 91.7. The molecule has 0 aromatic rings. The lowest BCUT2D eigenvalue weighted by Gasteiger charge is -2.40. The van der Waals surface area contributed by atoms with Crippen molar-refractivity contribution in [1.82, 2.24) is 42.1 Å². The van der Waals surface area contributed by atoms with Gasteiger partial charge in [0.2, 0.25) is 41.4 Å². The second kappa shape index (κ2) is 38.6. The van der Waals surface area contributed by atoms with Crippen molar-refractivity contribution in [3.05, 3.63) is 0 Å². The minimum Gasteiger partial charge on any atom is -0.394 e. The average molecular weight is 1100 g/mol. The molecule has 0 bridgehead atoms. The average Bonchev–Trinajstić information content (AvgIpc) is 3.53. The molecule has 0 aromatic carbocycles. The van der Waals surface area contributed by atoms with Crippen LogP contribution < -0.4 is 43.0 Å². The third kappa shape index (κ3) is 26.7. The van der Waals surface area contributed by atoms with E-state index in [-0.39, 0.29) is 76.4 Å². The largest absolute Gasteiger partial charge is 0.394 e. The molecule has 0 aromatic heterocycles. The van der Waals surface area contributed by atoms with Gasteiger partial charge in [-0.2, -0.15) is 0 Å². The summed E-state index contributed by atoms with van der Waals surface area (Å²) >= 11 is 0. The van der Waals surface area contributed by atoms with E-state index in [2.05, 4.69) is 37.2 Å². The molecule has 0 spiro atoms. The van der Waals surface area contributed by atoms with Crippen molar-refractivity contribution in [3.8, 4) is 0 Å². The van der Waals surface area contributed by atoms with Crippen molar-refractivity contribution in [2.24, 2.45) is 5.73 Å². The number of aliphatic hydroxyl groups excluding tert-OH is 8. The smallest absolute Gasteiger partial charge is 0.243 e. The second-order valence-electron chi connectivity index (χ2n) is 20.6. The number of imide groups is 1. The van der Waals surface area contributed by atoms with Crippen LogP contribution in [-0.4, -0.2) is 220 Å². The predicted molar refractivity (Wildman–Crippen MR) is 278 cm³/mol. The Morgan fingerprint density at radius 1 is 0.494 bits per heavy atom. The molecule has 26 nitrogen and oxygen atoms in total. The minimum atomic E-state index is -1.64. The Hall–Kier alpha value is -4.03. The van der Waals surface area contributed by atoms with E-state index in [4.69, 9.17) is 15.2 Å². The molecule has 2 unspecified atom stereocenters. The van der Waals surface area contributed by atoms with E-state index in [1.165, 1.54) is 30.6 Å². The third-order valence-electron chi connectivity index (χ3n) is 14.1. The number of nitrogens with one attached hydrogen (secondary N) is 7. The zero-order chi connectivity index (χ0) is 56.5. The van der Waals surface area contributed by atoms with E-state index < -0.39 is 110 Å². The van der Waals surface area contributed by atoms with E-state index in [0.717, 1.165) is 38.5 Å². The summed E-state index contributed by atoms with van der Waals surface area (Å²) in [6, 6.07) is -2.86. The molecule has 26 heteroatoms. The Morgan fingerprint density at radius 2 is 0.896 bits per heavy atom. The normalized spacial score (nSPS) is 25.6. The van der Waals surface area contributed by atoms with Gasteiger partial charge >= 0.3 is 0 Å². The van der Waals surface area contributed by atoms with E-state index >= 15 is 0 Å². The van der Waals surface area contributed by atoms with Crippen LogP contribution in [0.4, 0.5) is 0 Å². The maximum atomic E-state index is 13.3. The molecule has 7 amide bonds. The van der Waals surface area contributed by atoms with Crippen LogP contribution in [0.2, 0.25) is 0 Å². The molecule has 1 saturated carbocycles. The van der Waals surface area contributed by atoms with Gasteiger partial charge in [0.25, 0.3) is 0 Å². The van der Waals surface area contributed by atoms with Crippen LogP contribution in [0.25, 0.3) is 0 Å². The molecule has 0 radical (unpaired) electrons. The number of carbonyl (C=O) groups is 7. The van der Waals surface area contributed by atoms with Gasteiger partial charge in [0, 0.05) is 44.9 Å². The molecular formula is C51H93N9O17. The topological polar surface area (TPSA) is 413 Å². The Bertz CT molecular complexity index is 1670. The molecule has 17 N–H and O–H groups in total. The standard InChI is InChI=1S/C51H93N9O17/c52-24-14-13-20-34(56-33-18-8-3-1-2-4-9-19-33)49(73)59-39(65)23-12-7-17-27-55-42(68)30-60(28-40(66)53-25-15-5-10-21-37(63)57-43-47(71)45(69)35(31-61)76-50(43)74)29-41(67)54-26-16-6-11-22-38(64)58-44-48(72)46(70)36(32-62)77-51(44)75/h33-36,43-48,50-51,56,61-62,69-72,74-75H,1-32,52H2,(H,53,66)(H,54,67)(H,55,68)(H,57,63)(H,58,64)(H,59,65,73)/t34-,35+,36+,43+,44+,45+,46+,47+,48+,50?,51?/m0/s1. The quantitative estimate of drug-likeness (QED) is 0.0273. The van der Waals surface area contributed by atoms with E-state index in [1.807, 2.05) is 0 Å². The Balaban J connectivity index is 1.42. The second-order valence-corrected chi connectivity index (χ2v) is 20.6. The molecule has 3 fully saturated rings. The highest BCUT2D eigenvalue weighted by Crippen LogP contribution is 2.22. The number of amides is 7. The van der Waals surface area contributed by atoms with Gasteiger partial charge in [-0.1, -0.05) is 64.2 Å². The number of hydrogen-bond donors (Lipinski definition) is 16. The first-order chi connectivity index (χ1) is 37.0. The van der Waals surface area contributed by atoms with Gasteiger partial charge in [-0.05, 0) is 70.8 Å². The number of hydrogen-bond acceptors (Lipinski definition) is 20. The highest BCUT2D eigenvalue weighted by molar-refractivity contribution is 5.97. The number of rotatable bonds is 35. The maximum absolute atomic E-state index is 13.3. The first-order valence-electron chi connectivity index (χ1n) is 28.0. The number of carbonyl (C=O) groups excluding carboxylic acids is 7. The number of nitrogens with zero attached hydrogens (tertiary/aromatic N) is 1. The van der Waals surface area contributed by atoms with Crippen LogP contribution in [0.3, 0.4) is 0 Å². The molecule has 11 atom stereocenters. The van der Waals surface area contributed by atoms with Crippen molar-refractivity contribution in [1.29, 1.82) is 0 Å². The zero-order valence-electron chi connectivity index (χ0n) is 44.8. The molecule has 77 heavy (non-hydrogen) atoms. The van der Waals surface area contributed by atoms with Crippen LogP contribution in [0.5, 0.6) is 0 Å². The number of aliphatic hydroxyl groups is 8. The Morgan fingerprint density at radius 3 is 1.30 bits per heavy atom. The summed E-state index contributed by atoms with van der Waals surface area (Å²) in [7, 11) is 0. The van der Waals surface area contributed by atoms with Crippen LogP contribution >= 0.6 is 0 Å². The number of nitrogens with two attached hydrogens (primary N) is 1. The molecule has 3 rings (SSSR count). The van der Waals surface area contributed by atoms with Gasteiger partial charge in [0.05, 0.1) is 38.9 Å². The highest BCUT2D eigenvalue weighted by atomic mass is 16.6. The molecule has 3 aliphatic rings. The van der Waals surface area contributed by atoms with Crippen LogP contribution in [0, 0.1) is 0 Å². The fraction of sp³-hybridized carbons (Fsp3) is 0.863. The molecule has 444 valence electrons. The van der Waals surface area contributed by atoms with Crippen LogP contribution in [0.15, 0.2) is 0 Å². The first-order valence-corrected chi connectivity index (χ1v) is 28.0. The van der Waals surface area contributed by atoms with E-state index in [9.17, 15) is 74.4 Å². The number of unbranched alkanes of at least 4 members (excludes halogenated alkanes) is 7. The van der Waals surface area contributed by atoms with Crippen molar-refractivity contribution in [2.45, 2.75) is 221 Å². The molecule has 2 aliphatic heterocycles. The third-order valence-corrected chi connectivity index (χ3v) is 14.1. The first kappa shape index (κ1) is 67.2. The summed E-state index contributed by atoms with van der Waals surface area (Å²) in [5.41, 5.74) is 5.71. The van der Waals surface area contributed by atoms with Crippen molar-refractivity contribution in [2.75, 3.05) is 59.0 Å². The van der Waals surface area contributed by atoms with Gasteiger partial charge in [-0.15, -0.1) is 0 Å². The van der Waals surface area contributed by atoms with Gasteiger partial charge in [-0.3, -0.25) is 43.8 Å². The van der Waals surface area contributed by atoms with Crippen LogP contribution in [0.1, 0.15) is 148 Å². The zero-order valence-corrected chi connectivity index (χ0v) is 44.8. The summed E-state index contributed by atoms with van der Waals surface area (Å²) in [5.74, 6) is -3.08. The summed E-state index contributed by atoms with van der Waals surface area (Å²) in [6.45, 7) is -0.959. The maximum Gasteiger partial charge on any atom is 0.243 e. The summed E-state index contributed by atoms with van der Waals surface area (Å²) < 4.78 is 10.1. The lowest BCUT2D eigenvalue weighted by molar-refractivity contribution is -0.253. The van der Waals surface area contributed by atoms with Gasteiger partial charge in [-0.25, -0.2) is 0 Å². The SMILES string of the molecule is NCCCC[C@H](NC1CCCCCCCC1)C(=O)NC(=O)CCCCCNC(=O)CN(CC(=O)NCCCCCC(=O)N[C@H]1C(O)O[C@H](CO)[C@@H](O)[C@@H]1O)CC(=O)NCCCCCC(=O)N[C@H]1C(O)O[C@H](CO)[C@@H](O)[C@@H]1O. The monoisotopic (exact) mass is 1100 g/mol. The summed E-state index contributed by atoms with van der Waals surface area (Å²) in [6.07, 6.45) is 3.78. The van der Waals surface area contributed by atoms with Gasteiger partial charge in [0.15, 0.2) is 12.6 Å². The molecular weight excluding hydrogens is 1010 g/mol. The van der Waals surface area contributed by atoms with Crippen molar-refractivity contribution in [3.63, 3.8) is 0 Å². The van der Waals surface area contributed by atoms with Gasteiger partial charge < -0.3 is 88.0 Å². The molecule has 2 heterocycles. The Labute approximate surface area is 452 Å².